The second-order valence-corrected chi connectivity index (χ2v) is 9.62. The van der Waals surface area contributed by atoms with E-state index in [0.29, 0.717) is 17.6 Å². The van der Waals surface area contributed by atoms with Crippen molar-refractivity contribution in [2.24, 2.45) is 0 Å². The van der Waals surface area contributed by atoms with Gasteiger partial charge in [-0.1, -0.05) is 19.1 Å². The summed E-state index contributed by atoms with van der Waals surface area (Å²) in [7, 11) is 0. The standard InChI is InChI=1S/C27H33N3O/c1-17(2)30-25-11-9-21(14-24(25)20(5)15-27(30,6)7)13-22(16-28)26(31)29-23-10-8-18(3)19(4)12-23/h8-14,17,20H,15H2,1-7H3,(H,29,31)/b22-13-. The number of aryl methyl sites for hydroxylation is 2. The molecule has 0 saturated heterocycles. The topological polar surface area (TPSA) is 56.1 Å². The average Bonchev–Trinajstić information content (AvgIpc) is 2.68. The highest BCUT2D eigenvalue weighted by Crippen LogP contribution is 2.44. The summed E-state index contributed by atoms with van der Waals surface area (Å²) in [5.41, 5.74) is 6.54. The third-order valence-corrected chi connectivity index (χ3v) is 6.26. The number of hydrogen-bond donors (Lipinski definition) is 1. The minimum Gasteiger partial charge on any atom is -0.364 e. The molecule has 0 radical (unpaired) electrons. The van der Waals surface area contributed by atoms with Crippen molar-refractivity contribution in [2.75, 3.05) is 10.2 Å². The summed E-state index contributed by atoms with van der Waals surface area (Å²) in [6.07, 6.45) is 2.74. The van der Waals surface area contributed by atoms with E-state index in [0.717, 1.165) is 23.1 Å². The molecule has 1 N–H and O–H groups in total. The van der Waals surface area contributed by atoms with Gasteiger partial charge in [-0.05, 0) is 106 Å². The average molecular weight is 416 g/mol. The van der Waals surface area contributed by atoms with E-state index in [1.807, 2.05) is 38.1 Å². The van der Waals surface area contributed by atoms with Crippen molar-refractivity contribution < 1.29 is 4.79 Å². The first-order chi connectivity index (χ1) is 14.5. The summed E-state index contributed by atoms with van der Waals surface area (Å²) in [4.78, 5) is 15.2. The summed E-state index contributed by atoms with van der Waals surface area (Å²) in [5, 5.41) is 12.5. The first-order valence-corrected chi connectivity index (χ1v) is 11.0. The number of carbonyl (C=O) groups excluding carboxylic acids is 1. The van der Waals surface area contributed by atoms with Gasteiger partial charge >= 0.3 is 0 Å². The fourth-order valence-electron chi connectivity index (χ4n) is 4.87. The van der Waals surface area contributed by atoms with Crippen LogP contribution in [-0.4, -0.2) is 17.5 Å². The Labute approximate surface area is 186 Å². The SMILES string of the molecule is Cc1ccc(NC(=O)/C(C#N)=C\c2ccc3c(c2)C(C)CC(C)(C)N3C(C)C)cc1C. The molecule has 1 unspecified atom stereocenters. The van der Waals surface area contributed by atoms with Crippen molar-refractivity contribution >= 4 is 23.4 Å². The van der Waals surface area contributed by atoms with Crippen LogP contribution in [0.4, 0.5) is 11.4 Å². The van der Waals surface area contributed by atoms with Gasteiger partial charge in [-0.2, -0.15) is 5.26 Å². The van der Waals surface area contributed by atoms with Gasteiger partial charge in [0.2, 0.25) is 0 Å². The molecule has 4 heteroatoms. The van der Waals surface area contributed by atoms with E-state index in [1.54, 1.807) is 6.08 Å². The van der Waals surface area contributed by atoms with Crippen molar-refractivity contribution in [3.63, 3.8) is 0 Å². The lowest BCUT2D eigenvalue weighted by molar-refractivity contribution is -0.112. The molecule has 4 nitrogen and oxygen atoms in total. The van der Waals surface area contributed by atoms with Crippen LogP contribution < -0.4 is 10.2 Å². The Morgan fingerprint density at radius 3 is 2.52 bits per heavy atom. The highest BCUT2D eigenvalue weighted by Gasteiger charge is 2.37. The molecule has 0 saturated carbocycles. The quantitative estimate of drug-likeness (QED) is 0.467. The van der Waals surface area contributed by atoms with Crippen LogP contribution in [0.15, 0.2) is 42.0 Å². The molecule has 1 atom stereocenters. The first kappa shape index (κ1) is 22.6. The predicted octanol–water partition coefficient (Wildman–Crippen LogP) is 6.35. The smallest absolute Gasteiger partial charge is 0.266 e. The summed E-state index contributed by atoms with van der Waals surface area (Å²) in [6.45, 7) is 15.3. The Bertz CT molecular complexity index is 1070. The fraction of sp³-hybridized carbons (Fsp3) is 0.407. The minimum atomic E-state index is -0.388. The van der Waals surface area contributed by atoms with Crippen LogP contribution in [0.1, 0.15) is 69.2 Å². The van der Waals surface area contributed by atoms with Gasteiger partial charge in [0.15, 0.2) is 0 Å². The van der Waals surface area contributed by atoms with E-state index in [1.165, 1.54) is 11.3 Å². The van der Waals surface area contributed by atoms with Gasteiger partial charge in [0.1, 0.15) is 11.6 Å². The monoisotopic (exact) mass is 415 g/mol. The summed E-state index contributed by atoms with van der Waals surface area (Å²) < 4.78 is 0. The van der Waals surface area contributed by atoms with Crippen LogP contribution in [0, 0.1) is 25.2 Å². The lowest BCUT2D eigenvalue weighted by Gasteiger charge is -2.50. The van der Waals surface area contributed by atoms with Crippen LogP contribution in [0.5, 0.6) is 0 Å². The normalized spacial score (nSPS) is 17.8. The molecule has 2 aromatic rings. The molecule has 1 aliphatic heterocycles. The second-order valence-electron chi connectivity index (χ2n) is 9.62. The Hall–Kier alpha value is -3.06. The van der Waals surface area contributed by atoms with Crippen LogP contribution in [-0.2, 0) is 4.79 Å². The molecule has 0 fully saturated rings. The number of anilines is 2. The summed E-state index contributed by atoms with van der Waals surface area (Å²) in [6, 6.07) is 14.5. The highest BCUT2D eigenvalue weighted by atomic mass is 16.1. The molecule has 162 valence electrons. The fourth-order valence-corrected chi connectivity index (χ4v) is 4.87. The molecule has 0 spiro atoms. The van der Waals surface area contributed by atoms with E-state index in [-0.39, 0.29) is 17.0 Å². The largest absolute Gasteiger partial charge is 0.364 e. The number of rotatable bonds is 4. The lowest BCUT2D eigenvalue weighted by atomic mass is 9.79. The number of nitrogens with one attached hydrogen (secondary N) is 1. The molecule has 1 heterocycles. The van der Waals surface area contributed by atoms with Gasteiger partial charge in [-0.25, -0.2) is 0 Å². The van der Waals surface area contributed by atoms with Crippen LogP contribution in [0.3, 0.4) is 0 Å². The zero-order chi connectivity index (χ0) is 22.9. The van der Waals surface area contributed by atoms with E-state index >= 15 is 0 Å². The van der Waals surface area contributed by atoms with E-state index < -0.39 is 0 Å². The van der Waals surface area contributed by atoms with E-state index in [2.05, 4.69) is 63.0 Å². The van der Waals surface area contributed by atoms with Crippen molar-refractivity contribution in [3.05, 3.63) is 64.2 Å². The zero-order valence-electron chi connectivity index (χ0n) is 19.7. The van der Waals surface area contributed by atoms with Crippen molar-refractivity contribution in [2.45, 2.75) is 72.4 Å². The molecule has 0 bridgehead atoms. The van der Waals surface area contributed by atoms with Gasteiger partial charge in [0.05, 0.1) is 0 Å². The summed E-state index contributed by atoms with van der Waals surface area (Å²) >= 11 is 0. The maximum absolute atomic E-state index is 12.7. The van der Waals surface area contributed by atoms with E-state index in [9.17, 15) is 10.1 Å². The van der Waals surface area contributed by atoms with E-state index in [4.69, 9.17) is 0 Å². The molecular formula is C27H33N3O. The van der Waals surface area contributed by atoms with Crippen molar-refractivity contribution in [3.8, 4) is 6.07 Å². The molecular weight excluding hydrogens is 382 g/mol. The third kappa shape index (κ3) is 4.66. The molecule has 0 aliphatic carbocycles. The number of amides is 1. The van der Waals surface area contributed by atoms with Crippen LogP contribution in [0.2, 0.25) is 0 Å². The van der Waals surface area contributed by atoms with Gasteiger partial charge < -0.3 is 10.2 Å². The van der Waals surface area contributed by atoms with Gasteiger partial charge in [-0.15, -0.1) is 0 Å². The lowest BCUT2D eigenvalue weighted by Crippen LogP contribution is -2.51. The molecule has 3 rings (SSSR count). The molecule has 1 aliphatic rings. The van der Waals surface area contributed by atoms with Crippen LogP contribution >= 0.6 is 0 Å². The number of nitriles is 1. The summed E-state index contributed by atoms with van der Waals surface area (Å²) in [5.74, 6) is 0.0182. The van der Waals surface area contributed by atoms with Crippen molar-refractivity contribution in [1.29, 1.82) is 5.26 Å². The van der Waals surface area contributed by atoms with Crippen molar-refractivity contribution in [1.82, 2.24) is 0 Å². The maximum Gasteiger partial charge on any atom is 0.266 e. The number of hydrogen-bond acceptors (Lipinski definition) is 3. The van der Waals surface area contributed by atoms with Gasteiger partial charge in [-0.3, -0.25) is 4.79 Å². The second kappa shape index (κ2) is 8.59. The Morgan fingerprint density at radius 1 is 1.19 bits per heavy atom. The molecule has 2 aromatic carbocycles. The number of carbonyl (C=O) groups is 1. The Balaban J connectivity index is 1.91. The minimum absolute atomic E-state index is 0.0851. The number of nitrogens with zero attached hydrogens (tertiary/aromatic N) is 2. The highest BCUT2D eigenvalue weighted by molar-refractivity contribution is 6.09. The first-order valence-electron chi connectivity index (χ1n) is 11.0. The molecule has 31 heavy (non-hydrogen) atoms. The Morgan fingerprint density at radius 2 is 1.90 bits per heavy atom. The molecule has 1 amide bonds. The number of benzene rings is 2. The predicted molar refractivity (Wildman–Crippen MR) is 129 cm³/mol. The van der Waals surface area contributed by atoms with Crippen LogP contribution in [0.25, 0.3) is 6.08 Å². The molecule has 0 aromatic heterocycles. The zero-order valence-corrected chi connectivity index (χ0v) is 19.7. The Kier molecular flexibility index (Phi) is 6.27. The maximum atomic E-state index is 12.7. The van der Waals surface area contributed by atoms with Gasteiger partial charge in [0.25, 0.3) is 5.91 Å². The van der Waals surface area contributed by atoms with Gasteiger partial charge in [0, 0.05) is 23.0 Å². The number of fused-ring (bicyclic) bond motifs is 1. The third-order valence-electron chi connectivity index (χ3n) is 6.26.